The van der Waals surface area contributed by atoms with E-state index in [0.717, 1.165) is 4.96 Å². The molecule has 0 spiro atoms. The molecule has 50 valence electrons. The predicted octanol–water partition coefficient (Wildman–Crippen LogP) is 0.756. The number of nitrogens with zero attached hydrogens (tertiary/aromatic N) is 2. The van der Waals surface area contributed by atoms with Crippen LogP contribution >= 0.6 is 11.3 Å². The van der Waals surface area contributed by atoms with Crippen LogP contribution in [0.4, 0.5) is 0 Å². The number of thiazole rings is 1. The molecule has 0 saturated heterocycles. The minimum atomic E-state index is -0.178. The molecule has 0 N–H and O–H groups in total. The summed E-state index contributed by atoms with van der Waals surface area (Å²) in [5, 5.41) is 1.89. The molecule has 2 aromatic rings. The van der Waals surface area contributed by atoms with Crippen molar-refractivity contribution in [1.29, 1.82) is 0 Å². The Morgan fingerprint density at radius 1 is 1.50 bits per heavy atom. The smallest absolute Gasteiger partial charge is 0.273 e. The van der Waals surface area contributed by atoms with Gasteiger partial charge in [-0.25, -0.2) is 0 Å². The first-order valence-corrected chi connectivity index (χ1v) is 3.67. The van der Waals surface area contributed by atoms with E-state index in [-0.39, 0.29) is 5.56 Å². The van der Waals surface area contributed by atoms with Crippen molar-refractivity contribution in [3.63, 3.8) is 0 Å². The van der Waals surface area contributed by atoms with Crippen molar-refractivity contribution in [3.8, 4) is 0 Å². The molecule has 0 aliphatic heterocycles. The first-order valence-electron chi connectivity index (χ1n) is 2.79. The molecular formula is C6H4N2OS. The number of fused-ring (bicyclic) bond motifs is 1. The van der Waals surface area contributed by atoms with E-state index in [1.807, 2.05) is 16.0 Å². The van der Waals surface area contributed by atoms with Crippen molar-refractivity contribution in [2.24, 2.45) is 0 Å². The van der Waals surface area contributed by atoms with E-state index in [1.165, 1.54) is 17.4 Å². The van der Waals surface area contributed by atoms with E-state index in [0.29, 0.717) is 0 Å². The molecule has 10 heavy (non-hydrogen) atoms. The van der Waals surface area contributed by atoms with Crippen molar-refractivity contribution >= 4 is 16.3 Å². The molecule has 0 aromatic carbocycles. The maximum Gasteiger partial charge on any atom is 0.273 e. The summed E-state index contributed by atoms with van der Waals surface area (Å²) in [6.45, 7) is 0. The molecule has 0 fully saturated rings. The summed E-state index contributed by atoms with van der Waals surface area (Å²) in [7, 11) is 0. The maximum absolute atomic E-state index is 10.7. The van der Waals surface area contributed by atoms with Gasteiger partial charge in [0.15, 0.2) is 4.96 Å². The second-order valence-electron chi connectivity index (χ2n) is 1.86. The zero-order valence-electron chi connectivity index (χ0n) is 5.02. The van der Waals surface area contributed by atoms with Crippen LogP contribution < -0.4 is 5.56 Å². The molecule has 0 saturated carbocycles. The van der Waals surface area contributed by atoms with Crippen LogP contribution in [-0.2, 0) is 0 Å². The second-order valence-corrected chi connectivity index (χ2v) is 2.73. The van der Waals surface area contributed by atoms with Crippen LogP contribution in [0.2, 0.25) is 0 Å². The zero-order valence-corrected chi connectivity index (χ0v) is 5.84. The standard InChI is InChI=1S/C6H4N2OS/c9-5-1-2-8-3-4-10-6(8)7-5/h1-4H. The summed E-state index contributed by atoms with van der Waals surface area (Å²) in [6, 6.07) is 1.44. The Balaban J connectivity index is 2.99. The van der Waals surface area contributed by atoms with Crippen LogP contribution in [0, 0.1) is 0 Å². The van der Waals surface area contributed by atoms with Gasteiger partial charge in [-0.2, -0.15) is 4.98 Å². The van der Waals surface area contributed by atoms with Crippen LogP contribution in [0.1, 0.15) is 0 Å². The van der Waals surface area contributed by atoms with Crippen LogP contribution in [-0.4, -0.2) is 9.38 Å². The number of aromatic nitrogens is 2. The average molecular weight is 152 g/mol. The number of rotatable bonds is 0. The van der Waals surface area contributed by atoms with Gasteiger partial charge >= 0.3 is 0 Å². The lowest BCUT2D eigenvalue weighted by atomic mass is 10.6. The van der Waals surface area contributed by atoms with Crippen molar-refractivity contribution in [2.45, 2.75) is 0 Å². The highest BCUT2D eigenvalue weighted by atomic mass is 32.1. The molecule has 2 rings (SSSR count). The molecular weight excluding hydrogens is 148 g/mol. The van der Waals surface area contributed by atoms with Crippen molar-refractivity contribution in [2.75, 3.05) is 0 Å². The highest BCUT2D eigenvalue weighted by Crippen LogP contribution is 2.03. The van der Waals surface area contributed by atoms with Crippen LogP contribution in [0.5, 0.6) is 0 Å². The lowest BCUT2D eigenvalue weighted by Gasteiger charge is -1.85. The van der Waals surface area contributed by atoms with Gasteiger partial charge in [-0.05, 0) is 0 Å². The van der Waals surface area contributed by atoms with E-state index in [1.54, 1.807) is 6.20 Å². The van der Waals surface area contributed by atoms with Crippen molar-refractivity contribution in [3.05, 3.63) is 34.2 Å². The molecule has 0 amide bonds. The molecule has 0 bridgehead atoms. The first-order chi connectivity index (χ1) is 4.86. The van der Waals surface area contributed by atoms with Gasteiger partial charge < -0.3 is 0 Å². The Morgan fingerprint density at radius 3 is 3.30 bits per heavy atom. The summed E-state index contributed by atoms with van der Waals surface area (Å²) in [5.74, 6) is 0. The van der Waals surface area contributed by atoms with E-state index < -0.39 is 0 Å². The molecule has 0 aliphatic carbocycles. The summed E-state index contributed by atoms with van der Waals surface area (Å²) >= 11 is 1.45. The van der Waals surface area contributed by atoms with E-state index in [9.17, 15) is 4.79 Å². The second kappa shape index (κ2) is 1.91. The van der Waals surface area contributed by atoms with Gasteiger partial charge in [0.25, 0.3) is 5.56 Å². The van der Waals surface area contributed by atoms with E-state index in [4.69, 9.17) is 0 Å². The van der Waals surface area contributed by atoms with Crippen LogP contribution in [0.25, 0.3) is 4.96 Å². The zero-order chi connectivity index (χ0) is 6.97. The molecule has 0 aliphatic rings. The lowest BCUT2D eigenvalue weighted by molar-refractivity contribution is 1.11. The Kier molecular flexibility index (Phi) is 1.07. The molecule has 0 unspecified atom stereocenters. The maximum atomic E-state index is 10.7. The summed E-state index contributed by atoms with van der Waals surface area (Å²) < 4.78 is 1.81. The fraction of sp³-hybridized carbons (Fsp3) is 0. The Labute approximate surface area is 60.6 Å². The van der Waals surface area contributed by atoms with Crippen LogP contribution in [0.15, 0.2) is 28.6 Å². The Hall–Kier alpha value is -1.16. The number of hydrogen-bond acceptors (Lipinski definition) is 3. The minimum Gasteiger partial charge on any atom is -0.299 e. The van der Waals surface area contributed by atoms with Gasteiger partial charge in [0, 0.05) is 23.8 Å². The summed E-state index contributed by atoms with van der Waals surface area (Å²) in [4.78, 5) is 15.2. The summed E-state index contributed by atoms with van der Waals surface area (Å²) in [5.41, 5.74) is -0.178. The Bertz CT molecular complexity index is 403. The molecule has 0 atom stereocenters. The first kappa shape index (κ1) is 5.61. The molecule has 3 nitrogen and oxygen atoms in total. The quantitative estimate of drug-likeness (QED) is 0.558. The summed E-state index contributed by atoms with van der Waals surface area (Å²) in [6.07, 6.45) is 3.58. The highest BCUT2D eigenvalue weighted by Gasteiger charge is 1.91. The third-order valence-electron chi connectivity index (χ3n) is 1.20. The number of hydrogen-bond donors (Lipinski definition) is 0. The van der Waals surface area contributed by atoms with Crippen LogP contribution in [0.3, 0.4) is 0 Å². The van der Waals surface area contributed by atoms with Crippen molar-refractivity contribution < 1.29 is 0 Å². The molecule has 0 radical (unpaired) electrons. The normalized spacial score (nSPS) is 10.4. The fourth-order valence-corrected chi connectivity index (χ4v) is 1.45. The third kappa shape index (κ3) is 0.733. The van der Waals surface area contributed by atoms with Gasteiger partial charge in [0.1, 0.15) is 0 Å². The Morgan fingerprint density at radius 2 is 2.40 bits per heavy atom. The van der Waals surface area contributed by atoms with Gasteiger partial charge in [-0.15, -0.1) is 11.3 Å². The lowest BCUT2D eigenvalue weighted by Crippen LogP contribution is -2.03. The monoisotopic (exact) mass is 152 g/mol. The minimum absolute atomic E-state index is 0.178. The third-order valence-corrected chi connectivity index (χ3v) is 1.97. The van der Waals surface area contributed by atoms with Crippen molar-refractivity contribution in [1.82, 2.24) is 9.38 Å². The fourth-order valence-electron chi connectivity index (χ4n) is 0.755. The largest absolute Gasteiger partial charge is 0.299 e. The molecule has 4 heteroatoms. The van der Waals surface area contributed by atoms with E-state index >= 15 is 0 Å². The SMILES string of the molecule is O=c1ccn2ccsc2n1. The van der Waals surface area contributed by atoms with Gasteiger partial charge in [-0.1, -0.05) is 0 Å². The molecule has 2 aromatic heterocycles. The topological polar surface area (TPSA) is 34.4 Å². The van der Waals surface area contributed by atoms with E-state index in [2.05, 4.69) is 4.98 Å². The predicted molar refractivity (Wildman–Crippen MR) is 39.3 cm³/mol. The van der Waals surface area contributed by atoms with Gasteiger partial charge in [-0.3, -0.25) is 9.20 Å². The van der Waals surface area contributed by atoms with Gasteiger partial charge in [0.05, 0.1) is 0 Å². The average Bonchev–Trinajstić information content (AvgIpc) is 2.33. The molecule has 2 heterocycles. The van der Waals surface area contributed by atoms with Gasteiger partial charge in [0.2, 0.25) is 0 Å². The highest BCUT2D eigenvalue weighted by molar-refractivity contribution is 7.15.